The molecule has 2 aromatic carbocycles. The number of nitrogens with one attached hydrogen (secondary N) is 2. The number of nitrogens with zero attached hydrogens (tertiary/aromatic N) is 4. The van der Waals surface area contributed by atoms with Gasteiger partial charge in [0.2, 0.25) is 0 Å². The third kappa shape index (κ3) is 4.38. The summed E-state index contributed by atoms with van der Waals surface area (Å²) in [6.07, 6.45) is 2.58. The summed E-state index contributed by atoms with van der Waals surface area (Å²) in [6.45, 7) is 3.46. The van der Waals surface area contributed by atoms with E-state index in [1.54, 1.807) is 31.0 Å². The molecule has 2 aromatic heterocycles. The van der Waals surface area contributed by atoms with Gasteiger partial charge in [0.25, 0.3) is 5.91 Å². The first-order valence-corrected chi connectivity index (χ1v) is 12.8. The van der Waals surface area contributed by atoms with Crippen LogP contribution in [0.1, 0.15) is 16.1 Å². The minimum absolute atomic E-state index is 0.114. The Morgan fingerprint density at radius 1 is 1.22 bits per heavy atom. The molecule has 0 saturated carbocycles. The van der Waals surface area contributed by atoms with E-state index < -0.39 is 0 Å². The maximum Gasteiger partial charge on any atom is 0.251 e. The molecule has 1 atom stereocenters. The summed E-state index contributed by atoms with van der Waals surface area (Å²) in [7, 11) is 1.60. The standard InChI is InChI=1S/C26H26N6O3S/c1-34-17-5-2-4-16(12-17)26(33)27-14-18-13-22-23(36-18)25(32-8-10-35-11-9-32)30-24(29-22)19-6-3-7-21-20(19)15-28-31-21/h2-7,12,15,18H,8-11,13-14H2,1H3,(H,27,33)(H,28,31). The van der Waals surface area contributed by atoms with E-state index in [1.807, 2.05) is 36.5 Å². The number of morpholine rings is 1. The minimum Gasteiger partial charge on any atom is -0.497 e. The van der Waals surface area contributed by atoms with Gasteiger partial charge in [-0.05, 0) is 24.3 Å². The molecule has 36 heavy (non-hydrogen) atoms. The highest BCUT2D eigenvalue weighted by Crippen LogP contribution is 2.43. The predicted molar refractivity (Wildman–Crippen MR) is 139 cm³/mol. The van der Waals surface area contributed by atoms with E-state index >= 15 is 0 Å². The van der Waals surface area contributed by atoms with Gasteiger partial charge >= 0.3 is 0 Å². The van der Waals surface area contributed by atoms with Crippen molar-refractivity contribution in [3.8, 4) is 17.1 Å². The van der Waals surface area contributed by atoms with Gasteiger partial charge in [-0.1, -0.05) is 18.2 Å². The van der Waals surface area contributed by atoms with E-state index in [-0.39, 0.29) is 11.2 Å². The number of amides is 1. The number of anilines is 1. The van der Waals surface area contributed by atoms with Crippen LogP contribution < -0.4 is 15.0 Å². The number of methoxy groups -OCH3 is 1. The predicted octanol–water partition coefficient (Wildman–Crippen LogP) is 3.31. The summed E-state index contributed by atoms with van der Waals surface area (Å²) in [6, 6.07) is 13.2. The van der Waals surface area contributed by atoms with Crippen molar-refractivity contribution in [2.24, 2.45) is 0 Å². The zero-order valence-electron chi connectivity index (χ0n) is 19.9. The Kier molecular flexibility index (Phi) is 6.20. The Morgan fingerprint density at radius 3 is 2.94 bits per heavy atom. The molecule has 1 saturated heterocycles. The molecule has 2 N–H and O–H groups in total. The third-order valence-electron chi connectivity index (χ3n) is 6.48. The number of carbonyl (C=O) groups is 1. The summed E-state index contributed by atoms with van der Waals surface area (Å²) in [5, 5.41) is 11.5. The molecular weight excluding hydrogens is 476 g/mol. The number of aromatic nitrogens is 4. The van der Waals surface area contributed by atoms with Crippen molar-refractivity contribution < 1.29 is 14.3 Å². The summed E-state index contributed by atoms with van der Waals surface area (Å²) >= 11 is 1.75. The highest BCUT2D eigenvalue weighted by atomic mass is 32.2. The lowest BCUT2D eigenvalue weighted by Gasteiger charge is -2.29. The molecule has 1 unspecified atom stereocenters. The van der Waals surface area contributed by atoms with Gasteiger partial charge in [-0.3, -0.25) is 9.89 Å². The fourth-order valence-electron chi connectivity index (χ4n) is 4.63. The second kappa shape index (κ2) is 9.79. The molecular formula is C26H26N6O3S. The number of rotatable bonds is 6. The number of thioether (sulfide) groups is 1. The smallest absolute Gasteiger partial charge is 0.251 e. The molecule has 1 fully saturated rings. The van der Waals surface area contributed by atoms with Gasteiger partial charge in [0.15, 0.2) is 5.82 Å². The molecule has 10 heteroatoms. The largest absolute Gasteiger partial charge is 0.497 e. The van der Waals surface area contributed by atoms with Gasteiger partial charge in [0.05, 0.1) is 42.6 Å². The zero-order valence-corrected chi connectivity index (χ0v) is 20.7. The second-order valence-corrected chi connectivity index (χ2v) is 10.1. The summed E-state index contributed by atoms with van der Waals surface area (Å²) in [4.78, 5) is 26.2. The molecule has 0 radical (unpaired) electrons. The van der Waals surface area contributed by atoms with Crippen LogP contribution in [0.5, 0.6) is 5.75 Å². The van der Waals surface area contributed by atoms with Crippen molar-refractivity contribution >= 4 is 34.4 Å². The SMILES string of the molecule is COc1cccc(C(=O)NCC2Cc3nc(-c4cccc5[nH]ncc45)nc(N4CCOCC4)c3S2)c1. The van der Waals surface area contributed by atoms with Crippen LogP contribution in [0.25, 0.3) is 22.3 Å². The lowest BCUT2D eigenvalue weighted by atomic mass is 10.1. The van der Waals surface area contributed by atoms with Crippen LogP contribution in [0.3, 0.4) is 0 Å². The number of benzene rings is 2. The summed E-state index contributed by atoms with van der Waals surface area (Å²) in [5.74, 6) is 2.20. The van der Waals surface area contributed by atoms with Crippen LogP contribution in [0, 0.1) is 0 Å². The van der Waals surface area contributed by atoms with Crippen molar-refractivity contribution in [2.45, 2.75) is 16.6 Å². The Labute approximate surface area is 212 Å². The number of aromatic amines is 1. The van der Waals surface area contributed by atoms with Crippen LogP contribution in [0.2, 0.25) is 0 Å². The first kappa shape index (κ1) is 22.8. The fourth-order valence-corrected chi connectivity index (χ4v) is 5.91. The van der Waals surface area contributed by atoms with Crippen molar-refractivity contribution in [3.63, 3.8) is 0 Å². The Hall–Kier alpha value is -3.63. The molecule has 6 rings (SSSR count). The van der Waals surface area contributed by atoms with Gasteiger partial charge < -0.3 is 19.7 Å². The molecule has 9 nitrogen and oxygen atoms in total. The average molecular weight is 503 g/mol. The van der Waals surface area contributed by atoms with E-state index in [0.717, 1.165) is 52.4 Å². The molecule has 4 aromatic rings. The minimum atomic E-state index is -0.114. The number of ether oxygens (including phenoxy) is 2. The fraction of sp³-hybridized carbons (Fsp3) is 0.308. The molecule has 2 aliphatic rings. The van der Waals surface area contributed by atoms with E-state index in [4.69, 9.17) is 19.4 Å². The Morgan fingerprint density at radius 2 is 2.08 bits per heavy atom. The summed E-state index contributed by atoms with van der Waals surface area (Å²) < 4.78 is 10.8. The van der Waals surface area contributed by atoms with E-state index in [0.29, 0.717) is 36.9 Å². The topological polar surface area (TPSA) is 105 Å². The van der Waals surface area contributed by atoms with Gasteiger partial charge in [-0.2, -0.15) is 5.10 Å². The van der Waals surface area contributed by atoms with Crippen molar-refractivity contribution in [2.75, 3.05) is 44.9 Å². The molecule has 184 valence electrons. The quantitative estimate of drug-likeness (QED) is 0.414. The van der Waals surface area contributed by atoms with Crippen LogP contribution in [-0.4, -0.2) is 71.3 Å². The van der Waals surface area contributed by atoms with Gasteiger partial charge in [-0.15, -0.1) is 11.8 Å². The highest BCUT2D eigenvalue weighted by Gasteiger charge is 2.31. The van der Waals surface area contributed by atoms with Crippen molar-refractivity contribution in [1.29, 1.82) is 0 Å². The average Bonchev–Trinajstić information content (AvgIpc) is 3.58. The van der Waals surface area contributed by atoms with Crippen LogP contribution in [0.4, 0.5) is 5.82 Å². The monoisotopic (exact) mass is 502 g/mol. The molecule has 2 aliphatic heterocycles. The number of H-pyrrole nitrogens is 1. The Balaban J connectivity index is 1.27. The van der Waals surface area contributed by atoms with Crippen molar-refractivity contribution in [1.82, 2.24) is 25.5 Å². The lowest BCUT2D eigenvalue weighted by molar-refractivity contribution is 0.0953. The van der Waals surface area contributed by atoms with Crippen LogP contribution in [-0.2, 0) is 11.2 Å². The zero-order chi connectivity index (χ0) is 24.5. The second-order valence-electron chi connectivity index (χ2n) is 8.77. The van der Waals surface area contributed by atoms with Gasteiger partial charge in [0.1, 0.15) is 11.6 Å². The number of hydrogen-bond donors (Lipinski definition) is 2. The first-order chi connectivity index (χ1) is 17.7. The summed E-state index contributed by atoms with van der Waals surface area (Å²) in [5.41, 5.74) is 3.52. The van der Waals surface area contributed by atoms with E-state index in [2.05, 4.69) is 20.4 Å². The van der Waals surface area contributed by atoms with E-state index in [9.17, 15) is 4.79 Å². The van der Waals surface area contributed by atoms with Crippen molar-refractivity contribution in [3.05, 3.63) is 59.9 Å². The maximum absolute atomic E-state index is 12.8. The molecule has 4 heterocycles. The molecule has 1 amide bonds. The number of hydrogen-bond acceptors (Lipinski definition) is 8. The van der Waals surface area contributed by atoms with E-state index in [1.165, 1.54) is 0 Å². The number of carbonyl (C=O) groups excluding carboxylic acids is 1. The lowest BCUT2D eigenvalue weighted by Crippen LogP contribution is -2.37. The molecule has 0 spiro atoms. The third-order valence-corrected chi connectivity index (χ3v) is 7.80. The molecule has 0 bridgehead atoms. The normalized spacial score (nSPS) is 17.2. The van der Waals surface area contributed by atoms with Crippen LogP contribution in [0.15, 0.2) is 53.6 Å². The van der Waals surface area contributed by atoms with Gasteiger partial charge in [0, 0.05) is 47.8 Å². The number of fused-ring (bicyclic) bond motifs is 2. The van der Waals surface area contributed by atoms with Crippen LogP contribution >= 0.6 is 11.8 Å². The highest BCUT2D eigenvalue weighted by molar-refractivity contribution is 8.00. The Bertz CT molecular complexity index is 1420. The van der Waals surface area contributed by atoms with Gasteiger partial charge in [-0.25, -0.2) is 9.97 Å². The maximum atomic E-state index is 12.8. The molecule has 0 aliphatic carbocycles. The first-order valence-electron chi connectivity index (χ1n) is 11.9.